The molecular formula is C39H32N2O. The van der Waals surface area contributed by atoms with Gasteiger partial charge < -0.3 is 14.9 Å². The van der Waals surface area contributed by atoms with Crippen molar-refractivity contribution in [1.29, 1.82) is 0 Å². The van der Waals surface area contributed by atoms with Gasteiger partial charge in [0.15, 0.2) is 0 Å². The van der Waals surface area contributed by atoms with Crippen molar-refractivity contribution in [3.05, 3.63) is 187 Å². The number of hydrogen-bond acceptors (Lipinski definition) is 3. The summed E-state index contributed by atoms with van der Waals surface area (Å²) in [5.74, 6) is 0. The number of hydrogen-bond donors (Lipinski definition) is 1. The molecule has 6 aromatic carbocycles. The van der Waals surface area contributed by atoms with Gasteiger partial charge in [0.1, 0.15) is 0 Å². The molecule has 1 unspecified atom stereocenters. The molecule has 6 aromatic rings. The van der Waals surface area contributed by atoms with Crippen LogP contribution in [-0.4, -0.2) is 5.11 Å². The fourth-order valence-corrected chi connectivity index (χ4v) is 5.07. The lowest BCUT2D eigenvalue weighted by molar-refractivity contribution is 0.229. The molecule has 0 heterocycles. The first-order valence-electron chi connectivity index (χ1n) is 14.1. The lowest BCUT2D eigenvalue weighted by Gasteiger charge is -2.25. The lowest BCUT2D eigenvalue weighted by Crippen LogP contribution is -2.09. The summed E-state index contributed by atoms with van der Waals surface area (Å²) in [4.78, 5) is 4.44. The summed E-state index contributed by atoms with van der Waals surface area (Å²) in [6.45, 7) is 0. The first kappa shape index (κ1) is 26.8. The van der Waals surface area contributed by atoms with Gasteiger partial charge in [0.25, 0.3) is 0 Å². The Morgan fingerprint density at radius 1 is 0.381 bits per heavy atom. The molecule has 0 aliphatic heterocycles. The molecule has 42 heavy (non-hydrogen) atoms. The molecule has 0 fully saturated rings. The molecule has 1 atom stereocenters. The number of aliphatic hydroxyl groups is 1. The predicted molar refractivity (Wildman–Crippen MR) is 176 cm³/mol. The Balaban J connectivity index is 1.19. The molecule has 3 nitrogen and oxygen atoms in total. The molecule has 0 saturated heterocycles. The van der Waals surface area contributed by atoms with Crippen LogP contribution in [0.5, 0.6) is 0 Å². The summed E-state index contributed by atoms with van der Waals surface area (Å²) in [5, 5.41) is 11.0. The molecule has 0 aliphatic rings. The second-order valence-corrected chi connectivity index (χ2v) is 10.0. The third kappa shape index (κ3) is 6.17. The Bertz CT molecular complexity index is 1620. The fraction of sp³-hybridized carbons (Fsp3) is 0.0256. The van der Waals surface area contributed by atoms with E-state index in [1.165, 1.54) is 0 Å². The van der Waals surface area contributed by atoms with E-state index in [1.807, 2.05) is 72.8 Å². The highest BCUT2D eigenvalue weighted by Gasteiger charge is 2.13. The first-order valence-corrected chi connectivity index (χ1v) is 14.1. The molecule has 3 heteroatoms. The molecule has 204 valence electrons. The highest BCUT2D eigenvalue weighted by Crippen LogP contribution is 2.36. The second-order valence-electron chi connectivity index (χ2n) is 10.0. The van der Waals surface area contributed by atoms with Gasteiger partial charge in [0.05, 0.1) is 6.10 Å². The van der Waals surface area contributed by atoms with E-state index in [2.05, 4.69) is 119 Å². The summed E-state index contributed by atoms with van der Waals surface area (Å²) in [6, 6.07) is 57.8. The monoisotopic (exact) mass is 544 g/mol. The van der Waals surface area contributed by atoms with Gasteiger partial charge in [-0.1, -0.05) is 109 Å². The van der Waals surface area contributed by atoms with E-state index in [0.29, 0.717) is 0 Å². The number of para-hydroxylation sites is 4. The average Bonchev–Trinajstić information content (AvgIpc) is 3.07. The molecular weight excluding hydrogens is 512 g/mol. The van der Waals surface area contributed by atoms with Gasteiger partial charge in [0.2, 0.25) is 0 Å². The van der Waals surface area contributed by atoms with Crippen molar-refractivity contribution in [3.8, 4) is 0 Å². The van der Waals surface area contributed by atoms with Gasteiger partial charge in [-0.2, -0.15) is 0 Å². The van der Waals surface area contributed by atoms with Crippen LogP contribution in [0.3, 0.4) is 0 Å². The minimum Gasteiger partial charge on any atom is -0.384 e. The van der Waals surface area contributed by atoms with E-state index in [1.54, 1.807) is 0 Å². The number of aliphatic hydroxyl groups excluding tert-OH is 1. The third-order valence-electron chi connectivity index (χ3n) is 7.17. The Kier molecular flexibility index (Phi) is 8.21. The van der Waals surface area contributed by atoms with Gasteiger partial charge in [-0.25, -0.2) is 0 Å². The van der Waals surface area contributed by atoms with Crippen molar-refractivity contribution in [3.63, 3.8) is 0 Å². The van der Waals surface area contributed by atoms with Gasteiger partial charge >= 0.3 is 0 Å². The number of nitrogens with zero attached hydrogens (tertiary/aromatic N) is 2. The van der Waals surface area contributed by atoms with Crippen LogP contribution in [0.4, 0.5) is 34.1 Å². The third-order valence-corrected chi connectivity index (χ3v) is 7.17. The maximum atomic E-state index is 11.0. The Labute approximate surface area is 247 Å². The van der Waals surface area contributed by atoms with E-state index in [9.17, 15) is 5.11 Å². The molecule has 0 aromatic heterocycles. The van der Waals surface area contributed by atoms with Crippen LogP contribution in [-0.2, 0) is 0 Å². The summed E-state index contributed by atoms with van der Waals surface area (Å²) in [5.41, 5.74) is 8.33. The van der Waals surface area contributed by atoms with E-state index in [-0.39, 0.29) is 0 Å². The van der Waals surface area contributed by atoms with Crippen molar-refractivity contribution in [2.24, 2.45) is 0 Å². The maximum Gasteiger partial charge on any atom is 0.0975 e. The van der Waals surface area contributed by atoms with Crippen molar-refractivity contribution in [2.75, 3.05) is 9.80 Å². The fourth-order valence-electron chi connectivity index (χ4n) is 5.07. The van der Waals surface area contributed by atoms with Crippen molar-refractivity contribution >= 4 is 40.2 Å². The Morgan fingerprint density at radius 2 is 0.690 bits per heavy atom. The predicted octanol–water partition coefficient (Wildman–Crippen LogP) is 10.4. The van der Waals surface area contributed by atoms with Crippen LogP contribution in [0.2, 0.25) is 0 Å². The van der Waals surface area contributed by atoms with Crippen LogP contribution in [0.15, 0.2) is 176 Å². The summed E-state index contributed by atoms with van der Waals surface area (Å²) in [6.07, 6.45) is 3.09. The second kappa shape index (κ2) is 12.9. The molecule has 0 amide bonds. The van der Waals surface area contributed by atoms with Gasteiger partial charge in [0, 0.05) is 34.1 Å². The maximum absolute atomic E-state index is 11.0. The molecule has 0 bridgehead atoms. The Hall–Kier alpha value is -5.38. The van der Waals surface area contributed by atoms with Crippen molar-refractivity contribution < 1.29 is 5.11 Å². The summed E-state index contributed by atoms with van der Waals surface area (Å²) < 4.78 is 0. The van der Waals surface area contributed by atoms with Crippen molar-refractivity contribution in [2.45, 2.75) is 6.10 Å². The van der Waals surface area contributed by atoms with Crippen LogP contribution in [0, 0.1) is 0 Å². The lowest BCUT2D eigenvalue weighted by atomic mass is 10.1. The zero-order chi connectivity index (χ0) is 28.6. The largest absolute Gasteiger partial charge is 0.384 e. The van der Waals surface area contributed by atoms with Crippen LogP contribution >= 0.6 is 0 Å². The van der Waals surface area contributed by atoms with Crippen LogP contribution in [0.1, 0.15) is 17.2 Å². The Morgan fingerprint density at radius 3 is 1.05 bits per heavy atom. The van der Waals surface area contributed by atoms with Crippen molar-refractivity contribution in [1.82, 2.24) is 0 Å². The van der Waals surface area contributed by atoms with E-state index in [4.69, 9.17) is 0 Å². The SMILES string of the molecule is OC(/C=C/c1ccc(N(c2ccccc2)c2ccccc2)cc1)c1ccc(N(c2ccccc2)c2ccccc2)cc1. The van der Waals surface area contributed by atoms with Gasteiger partial charge in [-0.3, -0.25) is 0 Å². The normalized spacial score (nSPS) is 11.7. The average molecular weight is 545 g/mol. The molecule has 1 N–H and O–H groups in total. The molecule has 0 aliphatic carbocycles. The zero-order valence-electron chi connectivity index (χ0n) is 23.2. The highest BCUT2D eigenvalue weighted by atomic mass is 16.3. The van der Waals surface area contributed by atoms with E-state index < -0.39 is 6.10 Å². The highest BCUT2D eigenvalue weighted by molar-refractivity contribution is 5.78. The quantitative estimate of drug-likeness (QED) is 0.196. The van der Waals surface area contributed by atoms with Gasteiger partial charge in [-0.05, 0) is 83.9 Å². The topological polar surface area (TPSA) is 26.7 Å². The van der Waals surface area contributed by atoms with E-state index >= 15 is 0 Å². The zero-order valence-corrected chi connectivity index (χ0v) is 23.2. The number of anilines is 6. The minimum atomic E-state index is -0.717. The smallest absolute Gasteiger partial charge is 0.0975 e. The van der Waals surface area contributed by atoms with E-state index in [0.717, 1.165) is 45.3 Å². The summed E-state index contributed by atoms with van der Waals surface area (Å²) in [7, 11) is 0. The standard InChI is InChI=1S/C39H32N2O/c42-39(32-24-28-38(29-25-32)41(35-17-9-3-10-18-35)36-19-11-4-12-20-36)30-23-31-21-26-37(27-22-31)40(33-13-5-1-6-14-33)34-15-7-2-8-16-34/h1-30,39,42H/b30-23+. The summed E-state index contributed by atoms with van der Waals surface area (Å²) >= 11 is 0. The molecule has 0 spiro atoms. The minimum absolute atomic E-state index is 0.717. The molecule has 6 rings (SSSR count). The van der Waals surface area contributed by atoms with Crippen LogP contribution in [0.25, 0.3) is 6.08 Å². The van der Waals surface area contributed by atoms with Gasteiger partial charge in [-0.15, -0.1) is 0 Å². The molecule has 0 saturated carbocycles. The first-order chi connectivity index (χ1) is 20.8. The number of rotatable bonds is 9. The van der Waals surface area contributed by atoms with Crippen LogP contribution < -0.4 is 9.80 Å². The number of benzene rings is 6. The molecule has 0 radical (unpaired) electrons.